The maximum absolute atomic E-state index is 9.18. The van der Waals surface area contributed by atoms with Crippen molar-refractivity contribution in [3.05, 3.63) is 0 Å². The van der Waals surface area contributed by atoms with Crippen molar-refractivity contribution in [2.45, 2.75) is 26.0 Å². The van der Waals surface area contributed by atoms with Crippen LogP contribution in [-0.4, -0.2) is 42.8 Å². The highest BCUT2D eigenvalue weighted by atomic mass is 16.5. The number of hydrogen-bond donors (Lipinski definition) is 3. The summed E-state index contributed by atoms with van der Waals surface area (Å²) in [5.74, 6) is 0. The van der Waals surface area contributed by atoms with E-state index in [2.05, 4.69) is 5.32 Å². The summed E-state index contributed by atoms with van der Waals surface area (Å²) in [5, 5.41) is 20.3. The van der Waals surface area contributed by atoms with Gasteiger partial charge in [-0.15, -0.1) is 0 Å². The predicted molar refractivity (Wildman–Crippen MR) is 46.8 cm³/mol. The van der Waals surface area contributed by atoms with Crippen molar-refractivity contribution in [1.82, 2.24) is 5.32 Å². The molecule has 4 nitrogen and oxygen atoms in total. The molecule has 0 aliphatic carbocycles. The molecule has 0 bridgehead atoms. The van der Waals surface area contributed by atoms with Gasteiger partial charge in [0.25, 0.3) is 0 Å². The molecule has 0 rings (SSSR count). The Kier molecular flexibility index (Phi) is 8.81. The number of aliphatic hydroxyl groups excluding tert-OH is 2. The Bertz CT molecular complexity index is 90.4. The van der Waals surface area contributed by atoms with Gasteiger partial charge < -0.3 is 14.9 Å². The predicted octanol–water partition coefficient (Wildman–Crippen LogP) is -0.297. The Hall–Kier alpha value is -0.160. The third kappa shape index (κ3) is 7.94. The first kappa shape index (κ1) is 11.8. The number of ether oxygens (including phenoxy) is 1. The molecule has 0 spiro atoms. The van der Waals surface area contributed by atoms with Crippen LogP contribution in [0.4, 0.5) is 0 Å². The number of rotatable bonds is 8. The highest BCUT2D eigenvalue weighted by Gasteiger charge is 2.00. The van der Waals surface area contributed by atoms with Gasteiger partial charge in [0.15, 0.2) is 0 Å². The molecule has 0 saturated heterocycles. The van der Waals surface area contributed by atoms with E-state index >= 15 is 0 Å². The molecule has 0 heterocycles. The lowest BCUT2D eigenvalue weighted by Crippen LogP contribution is -2.32. The monoisotopic (exact) mass is 177 g/mol. The zero-order valence-electron chi connectivity index (χ0n) is 7.62. The smallest absolute Gasteiger partial charge is 0.107 e. The normalized spacial score (nSPS) is 13.2. The van der Waals surface area contributed by atoms with Crippen LogP contribution in [0.3, 0.4) is 0 Å². The van der Waals surface area contributed by atoms with E-state index in [0.29, 0.717) is 19.6 Å². The number of aliphatic hydroxyl groups is 2. The average molecular weight is 177 g/mol. The first-order chi connectivity index (χ1) is 5.81. The van der Waals surface area contributed by atoms with Crippen molar-refractivity contribution in [2.24, 2.45) is 0 Å². The van der Waals surface area contributed by atoms with Crippen LogP contribution in [0.1, 0.15) is 19.8 Å². The second kappa shape index (κ2) is 8.93. The summed E-state index contributed by atoms with van der Waals surface area (Å²) in [4.78, 5) is 0. The Balaban J connectivity index is 3.02. The van der Waals surface area contributed by atoms with Gasteiger partial charge in [0.2, 0.25) is 0 Å². The van der Waals surface area contributed by atoms with Gasteiger partial charge in [-0.2, -0.15) is 0 Å². The lowest BCUT2D eigenvalue weighted by molar-refractivity contribution is 0.0630. The molecular weight excluding hydrogens is 158 g/mol. The van der Waals surface area contributed by atoms with Crippen molar-refractivity contribution in [3.63, 3.8) is 0 Å². The van der Waals surface area contributed by atoms with Gasteiger partial charge in [0, 0.05) is 19.6 Å². The van der Waals surface area contributed by atoms with Gasteiger partial charge >= 0.3 is 0 Å². The molecule has 0 aliphatic rings. The lowest BCUT2D eigenvalue weighted by Gasteiger charge is -2.11. The molecule has 4 heteroatoms. The standard InChI is InChI=1S/C8H19NO3/c1-2-6-12-7-3-8(11)9-4-5-10/h8-11H,2-7H2,1H3. The van der Waals surface area contributed by atoms with E-state index < -0.39 is 6.23 Å². The highest BCUT2D eigenvalue weighted by molar-refractivity contribution is 4.51. The zero-order chi connectivity index (χ0) is 9.23. The molecular formula is C8H19NO3. The third-order valence-electron chi connectivity index (χ3n) is 1.38. The minimum atomic E-state index is -0.561. The molecule has 0 aliphatic heterocycles. The Morgan fingerprint density at radius 2 is 2.17 bits per heavy atom. The second-order valence-corrected chi connectivity index (χ2v) is 2.59. The van der Waals surface area contributed by atoms with Gasteiger partial charge in [-0.05, 0) is 6.42 Å². The maximum atomic E-state index is 9.18. The van der Waals surface area contributed by atoms with E-state index in [1.54, 1.807) is 0 Å². The van der Waals surface area contributed by atoms with Gasteiger partial charge in [0.05, 0.1) is 13.2 Å². The van der Waals surface area contributed by atoms with Gasteiger partial charge in [0.1, 0.15) is 6.23 Å². The topological polar surface area (TPSA) is 61.7 Å². The largest absolute Gasteiger partial charge is 0.395 e. The lowest BCUT2D eigenvalue weighted by atomic mass is 10.4. The zero-order valence-corrected chi connectivity index (χ0v) is 7.62. The summed E-state index contributed by atoms with van der Waals surface area (Å²) < 4.78 is 5.17. The number of nitrogens with one attached hydrogen (secondary N) is 1. The summed E-state index contributed by atoms with van der Waals surface area (Å²) >= 11 is 0. The highest BCUT2D eigenvalue weighted by Crippen LogP contribution is 1.89. The van der Waals surface area contributed by atoms with Crippen LogP contribution in [0, 0.1) is 0 Å². The van der Waals surface area contributed by atoms with E-state index in [-0.39, 0.29) is 6.61 Å². The molecule has 0 saturated carbocycles. The Morgan fingerprint density at radius 3 is 2.75 bits per heavy atom. The molecule has 12 heavy (non-hydrogen) atoms. The van der Waals surface area contributed by atoms with Gasteiger partial charge in [-0.25, -0.2) is 0 Å². The minimum absolute atomic E-state index is 0.0485. The molecule has 0 aromatic carbocycles. The summed E-state index contributed by atoms with van der Waals surface area (Å²) in [6.45, 7) is 3.82. The van der Waals surface area contributed by atoms with E-state index in [0.717, 1.165) is 13.0 Å². The molecule has 74 valence electrons. The first-order valence-corrected chi connectivity index (χ1v) is 4.41. The summed E-state index contributed by atoms with van der Waals surface area (Å²) in [6.07, 6.45) is 1.01. The first-order valence-electron chi connectivity index (χ1n) is 4.41. The minimum Gasteiger partial charge on any atom is -0.395 e. The summed E-state index contributed by atoms with van der Waals surface area (Å²) in [5.41, 5.74) is 0. The molecule has 0 fully saturated rings. The second-order valence-electron chi connectivity index (χ2n) is 2.59. The third-order valence-corrected chi connectivity index (χ3v) is 1.38. The van der Waals surface area contributed by atoms with Gasteiger partial charge in [-0.1, -0.05) is 6.92 Å². The summed E-state index contributed by atoms with van der Waals surface area (Å²) in [6, 6.07) is 0. The van der Waals surface area contributed by atoms with Crippen LogP contribution in [0.2, 0.25) is 0 Å². The van der Waals surface area contributed by atoms with Crippen molar-refractivity contribution in [3.8, 4) is 0 Å². The van der Waals surface area contributed by atoms with Crippen LogP contribution in [-0.2, 0) is 4.74 Å². The average Bonchev–Trinajstić information content (AvgIpc) is 2.09. The molecule has 3 N–H and O–H groups in total. The quantitative estimate of drug-likeness (QED) is 0.352. The van der Waals surface area contributed by atoms with Crippen molar-refractivity contribution in [1.29, 1.82) is 0 Å². The summed E-state index contributed by atoms with van der Waals surface area (Å²) in [7, 11) is 0. The molecule has 0 aromatic rings. The fourth-order valence-corrected chi connectivity index (χ4v) is 0.775. The van der Waals surface area contributed by atoms with Crippen LogP contribution < -0.4 is 5.32 Å². The van der Waals surface area contributed by atoms with Crippen LogP contribution in [0.25, 0.3) is 0 Å². The fraction of sp³-hybridized carbons (Fsp3) is 1.00. The van der Waals surface area contributed by atoms with Crippen molar-refractivity contribution >= 4 is 0 Å². The van der Waals surface area contributed by atoms with Gasteiger partial charge in [-0.3, -0.25) is 5.32 Å². The molecule has 1 unspecified atom stereocenters. The molecule has 0 amide bonds. The van der Waals surface area contributed by atoms with Crippen molar-refractivity contribution < 1.29 is 14.9 Å². The molecule has 0 radical (unpaired) electrons. The van der Waals surface area contributed by atoms with Crippen LogP contribution in [0.15, 0.2) is 0 Å². The maximum Gasteiger partial charge on any atom is 0.107 e. The number of hydrogen-bond acceptors (Lipinski definition) is 4. The molecule has 1 atom stereocenters. The van der Waals surface area contributed by atoms with Crippen LogP contribution >= 0.6 is 0 Å². The van der Waals surface area contributed by atoms with Crippen LogP contribution in [0.5, 0.6) is 0 Å². The van der Waals surface area contributed by atoms with Crippen molar-refractivity contribution in [2.75, 3.05) is 26.4 Å². The van der Waals surface area contributed by atoms with E-state index in [1.807, 2.05) is 6.92 Å². The van der Waals surface area contributed by atoms with E-state index in [4.69, 9.17) is 9.84 Å². The Morgan fingerprint density at radius 1 is 1.42 bits per heavy atom. The van der Waals surface area contributed by atoms with E-state index in [1.165, 1.54) is 0 Å². The SMILES string of the molecule is CCCOCCC(O)NCCO. The fourth-order valence-electron chi connectivity index (χ4n) is 0.775. The molecule has 0 aromatic heterocycles. The van der Waals surface area contributed by atoms with E-state index in [9.17, 15) is 5.11 Å². The Labute approximate surface area is 73.5 Å².